The van der Waals surface area contributed by atoms with Gasteiger partial charge in [-0.15, -0.1) is 23.2 Å². The van der Waals surface area contributed by atoms with Crippen LogP contribution in [0.4, 0.5) is 0 Å². The molecule has 0 radical (unpaired) electrons. The zero-order valence-electron chi connectivity index (χ0n) is 8.92. The first-order valence-electron chi connectivity index (χ1n) is 5.33. The fourth-order valence-corrected chi connectivity index (χ4v) is 2.53. The van der Waals surface area contributed by atoms with E-state index in [1.54, 1.807) is 0 Å². The van der Waals surface area contributed by atoms with Crippen molar-refractivity contribution in [2.24, 2.45) is 11.7 Å². The van der Waals surface area contributed by atoms with E-state index in [2.05, 4.69) is 5.32 Å². The molecule has 2 amide bonds. The van der Waals surface area contributed by atoms with Crippen LogP contribution < -0.4 is 11.1 Å². The maximum absolute atomic E-state index is 11.7. The fraction of sp³-hybridized carbons (Fsp3) is 0.800. The molecule has 2 unspecified atom stereocenters. The van der Waals surface area contributed by atoms with Crippen molar-refractivity contribution >= 4 is 35.0 Å². The van der Waals surface area contributed by atoms with Crippen molar-refractivity contribution in [1.82, 2.24) is 5.32 Å². The van der Waals surface area contributed by atoms with Gasteiger partial charge in [0, 0.05) is 16.7 Å². The molecule has 1 rings (SSSR count). The Morgan fingerprint density at radius 2 is 1.69 bits per heavy atom. The summed E-state index contributed by atoms with van der Waals surface area (Å²) in [7, 11) is 0. The predicted molar refractivity (Wildman–Crippen MR) is 63.4 cm³/mol. The van der Waals surface area contributed by atoms with E-state index in [4.69, 9.17) is 28.9 Å². The smallest absolute Gasteiger partial charge is 0.236 e. The number of carbonyl (C=O) groups is 2. The Kier molecular flexibility index (Phi) is 5.35. The van der Waals surface area contributed by atoms with Crippen molar-refractivity contribution < 1.29 is 9.59 Å². The van der Waals surface area contributed by atoms with Gasteiger partial charge >= 0.3 is 0 Å². The number of nitrogens with two attached hydrogens (primary N) is 1. The topological polar surface area (TPSA) is 72.2 Å². The van der Waals surface area contributed by atoms with Crippen molar-refractivity contribution in [3.05, 3.63) is 0 Å². The average molecular weight is 267 g/mol. The summed E-state index contributed by atoms with van der Waals surface area (Å²) in [6, 6.07) is 0. The summed E-state index contributed by atoms with van der Waals surface area (Å²) in [5.74, 6) is -0.948. The van der Waals surface area contributed by atoms with Gasteiger partial charge in [-0.2, -0.15) is 0 Å². The molecular weight excluding hydrogens is 251 g/mol. The lowest BCUT2D eigenvalue weighted by Crippen LogP contribution is -2.38. The second-order valence-electron chi connectivity index (χ2n) is 4.12. The highest BCUT2D eigenvalue weighted by atomic mass is 35.5. The van der Waals surface area contributed by atoms with Crippen LogP contribution in [0.3, 0.4) is 0 Å². The van der Waals surface area contributed by atoms with E-state index < -0.39 is 5.91 Å². The Hall–Kier alpha value is -0.480. The van der Waals surface area contributed by atoms with Gasteiger partial charge in [0.05, 0.1) is 6.54 Å². The lowest BCUT2D eigenvalue weighted by atomic mass is 9.99. The molecule has 0 saturated heterocycles. The summed E-state index contributed by atoms with van der Waals surface area (Å²) in [6.45, 7) is -0.130. The van der Waals surface area contributed by atoms with Crippen LogP contribution in [0.1, 0.15) is 25.7 Å². The van der Waals surface area contributed by atoms with Gasteiger partial charge in [-0.25, -0.2) is 0 Å². The van der Waals surface area contributed by atoms with E-state index in [1.165, 1.54) is 0 Å². The van der Waals surface area contributed by atoms with Crippen molar-refractivity contribution in [3.8, 4) is 0 Å². The predicted octanol–water partition coefficient (Wildman–Crippen LogP) is 0.993. The van der Waals surface area contributed by atoms with E-state index in [0.29, 0.717) is 12.8 Å². The van der Waals surface area contributed by atoms with Crippen LogP contribution in [0.2, 0.25) is 0 Å². The Morgan fingerprint density at radius 1 is 1.19 bits per heavy atom. The average Bonchev–Trinajstić information content (AvgIpc) is 2.37. The second-order valence-corrected chi connectivity index (χ2v) is 5.36. The van der Waals surface area contributed by atoms with Crippen molar-refractivity contribution in [2.75, 3.05) is 6.54 Å². The van der Waals surface area contributed by atoms with Crippen molar-refractivity contribution in [1.29, 1.82) is 0 Å². The minimum atomic E-state index is -0.549. The zero-order valence-corrected chi connectivity index (χ0v) is 10.4. The molecule has 0 aromatic heterocycles. The number of carbonyl (C=O) groups excluding carboxylic acids is 2. The Bertz CT molecular complexity index is 262. The van der Waals surface area contributed by atoms with Gasteiger partial charge in [0.25, 0.3) is 0 Å². The Labute approximate surface area is 105 Å². The number of alkyl halides is 2. The number of hydrogen-bond donors (Lipinski definition) is 2. The van der Waals surface area contributed by atoms with Crippen LogP contribution >= 0.6 is 23.2 Å². The van der Waals surface area contributed by atoms with Gasteiger partial charge in [-0.3, -0.25) is 9.59 Å². The van der Waals surface area contributed by atoms with Gasteiger partial charge in [0.15, 0.2) is 0 Å². The fourth-order valence-electron chi connectivity index (χ4n) is 1.84. The van der Waals surface area contributed by atoms with E-state index in [0.717, 1.165) is 12.8 Å². The van der Waals surface area contributed by atoms with Gasteiger partial charge < -0.3 is 11.1 Å². The zero-order chi connectivity index (χ0) is 12.1. The molecule has 16 heavy (non-hydrogen) atoms. The molecule has 2 atom stereocenters. The monoisotopic (exact) mass is 266 g/mol. The molecule has 0 spiro atoms. The Morgan fingerprint density at radius 3 is 2.12 bits per heavy atom. The molecule has 0 heterocycles. The van der Waals surface area contributed by atoms with E-state index in [1.807, 2.05) is 0 Å². The lowest BCUT2D eigenvalue weighted by molar-refractivity contribution is -0.128. The maximum atomic E-state index is 11.7. The molecule has 0 aliphatic heterocycles. The Balaban J connectivity index is 2.48. The van der Waals surface area contributed by atoms with Gasteiger partial charge in [0.2, 0.25) is 11.8 Å². The summed E-state index contributed by atoms with van der Waals surface area (Å²) in [6.07, 6.45) is 2.87. The maximum Gasteiger partial charge on any atom is 0.236 e. The number of halogens is 2. The minimum absolute atomic E-state index is 0.0203. The molecule has 6 heteroatoms. The summed E-state index contributed by atoms with van der Waals surface area (Å²) < 4.78 is 0. The quantitative estimate of drug-likeness (QED) is 0.591. The third kappa shape index (κ3) is 4.58. The second kappa shape index (κ2) is 6.30. The summed E-state index contributed by atoms with van der Waals surface area (Å²) in [4.78, 5) is 22.2. The molecule has 92 valence electrons. The molecular formula is C10H16Cl2N2O2. The molecule has 0 aromatic carbocycles. The highest BCUT2D eigenvalue weighted by Crippen LogP contribution is 2.29. The van der Waals surface area contributed by atoms with Crippen LogP contribution in [0.5, 0.6) is 0 Å². The molecule has 1 aliphatic carbocycles. The SMILES string of the molecule is NC(=O)CNC(=O)C1CC(Cl)CCC(Cl)C1. The van der Waals surface area contributed by atoms with Gasteiger partial charge in [-0.05, 0) is 25.7 Å². The number of nitrogens with one attached hydrogen (secondary N) is 1. The number of hydrogen-bond acceptors (Lipinski definition) is 2. The lowest BCUT2D eigenvalue weighted by Gasteiger charge is -2.16. The minimum Gasteiger partial charge on any atom is -0.368 e. The first-order chi connectivity index (χ1) is 7.49. The standard InChI is InChI=1S/C10H16Cl2N2O2/c11-7-1-2-8(12)4-6(3-7)10(16)14-5-9(13)15/h6-8H,1-5H2,(H2,13,15)(H,14,16). The molecule has 3 N–H and O–H groups in total. The third-order valence-corrected chi connectivity index (χ3v) is 3.47. The molecule has 0 aromatic rings. The third-order valence-electron chi connectivity index (χ3n) is 2.68. The molecule has 1 saturated carbocycles. The van der Waals surface area contributed by atoms with Crippen LogP contribution in [0.25, 0.3) is 0 Å². The van der Waals surface area contributed by atoms with Crippen molar-refractivity contribution in [2.45, 2.75) is 36.4 Å². The summed E-state index contributed by atoms with van der Waals surface area (Å²) >= 11 is 12.1. The summed E-state index contributed by atoms with van der Waals surface area (Å²) in [5, 5.41) is 2.45. The number of amides is 2. The highest BCUT2D eigenvalue weighted by molar-refractivity contribution is 6.22. The van der Waals surface area contributed by atoms with Crippen LogP contribution in [-0.2, 0) is 9.59 Å². The summed E-state index contributed by atoms with van der Waals surface area (Å²) in [5.41, 5.74) is 4.95. The first kappa shape index (κ1) is 13.6. The number of rotatable bonds is 3. The largest absolute Gasteiger partial charge is 0.368 e. The van der Waals surface area contributed by atoms with E-state index in [-0.39, 0.29) is 29.1 Å². The molecule has 1 aliphatic rings. The van der Waals surface area contributed by atoms with E-state index in [9.17, 15) is 9.59 Å². The molecule has 0 bridgehead atoms. The normalized spacial score (nSPS) is 30.5. The van der Waals surface area contributed by atoms with Crippen molar-refractivity contribution in [3.63, 3.8) is 0 Å². The van der Waals surface area contributed by atoms with Crippen LogP contribution in [0, 0.1) is 5.92 Å². The van der Waals surface area contributed by atoms with Crippen LogP contribution in [-0.4, -0.2) is 29.1 Å². The van der Waals surface area contributed by atoms with E-state index >= 15 is 0 Å². The van der Waals surface area contributed by atoms with Crippen LogP contribution in [0.15, 0.2) is 0 Å². The molecule has 1 fully saturated rings. The first-order valence-corrected chi connectivity index (χ1v) is 6.20. The molecule has 4 nitrogen and oxygen atoms in total. The van der Waals surface area contributed by atoms with Gasteiger partial charge in [-0.1, -0.05) is 0 Å². The highest BCUT2D eigenvalue weighted by Gasteiger charge is 2.28. The number of primary amides is 1. The van der Waals surface area contributed by atoms with Gasteiger partial charge in [0.1, 0.15) is 0 Å².